The van der Waals surface area contributed by atoms with E-state index in [1.54, 1.807) is 6.07 Å². The minimum absolute atomic E-state index is 0.352. The average molecular weight is 299 g/mol. The van der Waals surface area contributed by atoms with E-state index in [1.807, 2.05) is 6.07 Å². The molecule has 1 unspecified atom stereocenters. The highest BCUT2D eigenvalue weighted by atomic mass is 16.1. The lowest BCUT2D eigenvalue weighted by molar-refractivity contribution is 0.0995. The Labute approximate surface area is 130 Å². The number of rotatable bonds is 2. The standard InChI is InChI=1S/C16H21N5O/c1-20-7-6-11(9-20)21-8-10-2-4-13-12(15(10)19-21)3-5-14(18-13)16(17)22/h3,5,10-11H,2,4,6-9H2,1H3,(H2,17,22)/t10?,11-/m1/s1. The van der Waals surface area contributed by atoms with Crippen LogP contribution in [0, 0.1) is 5.92 Å². The zero-order chi connectivity index (χ0) is 15.3. The van der Waals surface area contributed by atoms with Crippen molar-refractivity contribution in [1.29, 1.82) is 0 Å². The van der Waals surface area contributed by atoms with Crippen LogP contribution in [-0.2, 0) is 6.42 Å². The lowest BCUT2D eigenvalue weighted by Crippen LogP contribution is -2.33. The van der Waals surface area contributed by atoms with Crippen molar-refractivity contribution in [3.8, 4) is 0 Å². The Balaban J connectivity index is 1.64. The molecule has 116 valence electrons. The van der Waals surface area contributed by atoms with E-state index < -0.39 is 5.91 Å². The molecule has 3 heterocycles. The van der Waals surface area contributed by atoms with E-state index in [0.29, 0.717) is 17.7 Å². The summed E-state index contributed by atoms with van der Waals surface area (Å²) in [6.45, 7) is 3.26. The molecule has 2 atom stereocenters. The van der Waals surface area contributed by atoms with Gasteiger partial charge in [0.15, 0.2) is 0 Å². The van der Waals surface area contributed by atoms with Crippen molar-refractivity contribution in [2.75, 3.05) is 26.7 Å². The van der Waals surface area contributed by atoms with E-state index >= 15 is 0 Å². The van der Waals surface area contributed by atoms with Crippen LogP contribution >= 0.6 is 0 Å². The van der Waals surface area contributed by atoms with Gasteiger partial charge in [0.1, 0.15) is 5.69 Å². The number of aryl methyl sites for hydroxylation is 1. The molecule has 0 saturated carbocycles. The number of nitrogens with two attached hydrogens (primary N) is 1. The average Bonchev–Trinajstić information content (AvgIpc) is 3.12. The first-order valence-corrected chi connectivity index (χ1v) is 7.95. The molecule has 1 fully saturated rings. The Morgan fingerprint density at radius 3 is 2.91 bits per heavy atom. The number of pyridine rings is 1. The first-order chi connectivity index (χ1) is 10.6. The molecule has 3 aliphatic rings. The number of carbonyl (C=O) groups is 1. The molecule has 6 heteroatoms. The van der Waals surface area contributed by atoms with Gasteiger partial charge in [-0.25, -0.2) is 4.98 Å². The summed E-state index contributed by atoms with van der Waals surface area (Å²) in [5.74, 6) is 0.0357. The molecule has 0 radical (unpaired) electrons. The molecule has 1 saturated heterocycles. The highest BCUT2D eigenvalue weighted by Gasteiger charge is 2.37. The summed E-state index contributed by atoms with van der Waals surface area (Å²) in [5.41, 5.74) is 8.91. The van der Waals surface area contributed by atoms with Crippen molar-refractivity contribution in [2.45, 2.75) is 25.3 Å². The molecule has 1 amide bonds. The van der Waals surface area contributed by atoms with Crippen LogP contribution in [0.4, 0.5) is 0 Å². The Kier molecular flexibility index (Phi) is 3.14. The Morgan fingerprint density at radius 1 is 1.32 bits per heavy atom. The fourth-order valence-corrected chi connectivity index (χ4v) is 3.83. The number of primary amides is 1. The molecule has 1 aliphatic carbocycles. The second-order valence-electron chi connectivity index (χ2n) is 6.60. The summed E-state index contributed by atoms with van der Waals surface area (Å²) in [6, 6.07) is 4.22. The molecule has 2 aliphatic heterocycles. The predicted molar refractivity (Wildman–Crippen MR) is 83.7 cm³/mol. The summed E-state index contributed by atoms with van der Waals surface area (Å²) < 4.78 is 0. The number of hydrogen-bond acceptors (Lipinski definition) is 5. The summed E-state index contributed by atoms with van der Waals surface area (Å²) >= 11 is 0. The molecular formula is C16H21N5O. The highest BCUT2D eigenvalue weighted by molar-refractivity contribution is 6.05. The zero-order valence-corrected chi connectivity index (χ0v) is 12.8. The minimum Gasteiger partial charge on any atom is -0.364 e. The van der Waals surface area contributed by atoms with Crippen LogP contribution in [0.2, 0.25) is 0 Å². The third-order valence-electron chi connectivity index (χ3n) is 5.05. The zero-order valence-electron chi connectivity index (χ0n) is 12.8. The van der Waals surface area contributed by atoms with Gasteiger partial charge in [-0.1, -0.05) is 0 Å². The molecule has 22 heavy (non-hydrogen) atoms. The number of nitrogens with zero attached hydrogens (tertiary/aromatic N) is 4. The van der Waals surface area contributed by atoms with Gasteiger partial charge in [0.05, 0.1) is 17.4 Å². The molecular weight excluding hydrogens is 278 g/mol. The normalized spacial score (nSPS) is 27.5. The van der Waals surface area contributed by atoms with Crippen molar-refractivity contribution >= 4 is 11.6 Å². The number of likely N-dealkylation sites (N-methyl/N-ethyl adjacent to an activating group) is 1. The van der Waals surface area contributed by atoms with Gasteiger partial charge >= 0.3 is 0 Å². The molecule has 0 bridgehead atoms. The Morgan fingerprint density at radius 2 is 2.18 bits per heavy atom. The van der Waals surface area contributed by atoms with Gasteiger partial charge in [-0.3, -0.25) is 9.80 Å². The Hall–Kier alpha value is -1.95. The number of hydrogen-bond donors (Lipinski definition) is 1. The van der Waals surface area contributed by atoms with Crippen LogP contribution in [0.25, 0.3) is 0 Å². The number of carbonyl (C=O) groups excluding carboxylic acids is 1. The maximum absolute atomic E-state index is 11.3. The third-order valence-corrected chi connectivity index (χ3v) is 5.05. The molecule has 4 rings (SSSR count). The number of hydrazone groups is 1. The molecule has 0 spiro atoms. The first kappa shape index (κ1) is 13.7. The number of likely N-dealkylation sites (tertiary alicyclic amines) is 1. The third kappa shape index (κ3) is 2.18. The Bertz CT molecular complexity index is 656. The van der Waals surface area contributed by atoms with Crippen molar-refractivity contribution in [1.82, 2.24) is 14.9 Å². The fraction of sp³-hybridized carbons (Fsp3) is 0.562. The van der Waals surface area contributed by atoms with E-state index in [9.17, 15) is 4.79 Å². The maximum Gasteiger partial charge on any atom is 0.267 e. The topological polar surface area (TPSA) is 74.8 Å². The van der Waals surface area contributed by atoms with Gasteiger partial charge in [0.25, 0.3) is 5.91 Å². The monoisotopic (exact) mass is 299 g/mol. The van der Waals surface area contributed by atoms with Gasteiger partial charge in [-0.05, 0) is 45.0 Å². The van der Waals surface area contributed by atoms with E-state index in [4.69, 9.17) is 10.8 Å². The largest absolute Gasteiger partial charge is 0.364 e. The van der Waals surface area contributed by atoms with Crippen molar-refractivity contribution in [3.05, 3.63) is 29.1 Å². The van der Waals surface area contributed by atoms with Crippen LogP contribution in [0.5, 0.6) is 0 Å². The molecule has 1 aromatic rings. The number of aromatic nitrogens is 1. The quantitative estimate of drug-likeness (QED) is 0.861. The fourth-order valence-electron chi connectivity index (χ4n) is 3.83. The highest BCUT2D eigenvalue weighted by Crippen LogP contribution is 2.32. The number of amides is 1. The SMILES string of the molecule is CN1CC[C@@H](N2CC3CCc4nc(C(N)=O)ccc4C3=N2)C1. The van der Waals surface area contributed by atoms with Gasteiger partial charge in [-0.2, -0.15) is 5.10 Å². The van der Waals surface area contributed by atoms with Crippen LogP contribution in [-0.4, -0.2) is 59.2 Å². The molecule has 0 aromatic carbocycles. The molecule has 1 aromatic heterocycles. The van der Waals surface area contributed by atoms with Crippen molar-refractivity contribution in [3.63, 3.8) is 0 Å². The van der Waals surface area contributed by atoms with E-state index in [1.165, 1.54) is 6.42 Å². The predicted octanol–water partition coefficient (Wildman–Crippen LogP) is 0.467. The lowest BCUT2D eigenvalue weighted by Gasteiger charge is -2.23. The van der Waals surface area contributed by atoms with E-state index in [-0.39, 0.29) is 0 Å². The number of fused-ring (bicyclic) bond motifs is 3. The first-order valence-electron chi connectivity index (χ1n) is 7.95. The molecule has 2 N–H and O–H groups in total. The van der Waals surface area contributed by atoms with Crippen LogP contribution in [0.1, 0.15) is 34.6 Å². The van der Waals surface area contributed by atoms with Gasteiger partial charge in [0.2, 0.25) is 0 Å². The van der Waals surface area contributed by atoms with Crippen LogP contribution in [0.15, 0.2) is 17.2 Å². The van der Waals surface area contributed by atoms with Crippen molar-refractivity contribution in [2.24, 2.45) is 16.8 Å². The van der Waals surface area contributed by atoms with Gasteiger partial charge in [-0.15, -0.1) is 0 Å². The lowest BCUT2D eigenvalue weighted by atomic mass is 9.85. The second kappa shape index (κ2) is 5.05. The summed E-state index contributed by atoms with van der Waals surface area (Å²) in [7, 11) is 2.17. The van der Waals surface area contributed by atoms with E-state index in [0.717, 1.165) is 49.4 Å². The van der Waals surface area contributed by atoms with Gasteiger partial charge in [0, 0.05) is 24.6 Å². The summed E-state index contributed by atoms with van der Waals surface area (Å²) in [4.78, 5) is 18.1. The molecule has 6 nitrogen and oxygen atoms in total. The minimum atomic E-state index is -0.464. The summed E-state index contributed by atoms with van der Waals surface area (Å²) in [5, 5.41) is 7.19. The smallest absolute Gasteiger partial charge is 0.267 e. The van der Waals surface area contributed by atoms with Crippen LogP contribution < -0.4 is 5.73 Å². The van der Waals surface area contributed by atoms with Crippen molar-refractivity contribution < 1.29 is 4.79 Å². The van der Waals surface area contributed by atoms with E-state index in [2.05, 4.69) is 21.9 Å². The summed E-state index contributed by atoms with van der Waals surface area (Å²) in [6.07, 6.45) is 3.14. The maximum atomic E-state index is 11.3. The van der Waals surface area contributed by atoms with Gasteiger partial charge < -0.3 is 10.6 Å². The second-order valence-corrected chi connectivity index (χ2v) is 6.60. The van der Waals surface area contributed by atoms with Crippen LogP contribution in [0.3, 0.4) is 0 Å².